The Labute approximate surface area is 130 Å². The smallest absolute Gasteiger partial charge is 0.132 e. The molecule has 3 rings (SSSR count). The first-order valence-corrected chi connectivity index (χ1v) is 7.85. The zero-order valence-electron chi connectivity index (χ0n) is 12.6. The van der Waals surface area contributed by atoms with Crippen LogP contribution in [0.15, 0.2) is 30.5 Å². The summed E-state index contributed by atoms with van der Waals surface area (Å²) >= 11 is 0. The minimum absolute atomic E-state index is 0.261. The van der Waals surface area contributed by atoms with Crippen LogP contribution in [0.4, 0.5) is 10.1 Å². The van der Waals surface area contributed by atoms with E-state index < -0.39 is 0 Å². The molecule has 1 fully saturated rings. The Bertz CT molecular complexity index is 640. The molecule has 3 N–H and O–H groups in total. The highest BCUT2D eigenvalue weighted by Crippen LogP contribution is 2.36. The van der Waals surface area contributed by atoms with E-state index in [9.17, 15) is 4.39 Å². The molecule has 0 radical (unpaired) electrons. The molecule has 1 saturated carbocycles. The molecule has 0 bridgehead atoms. The molecule has 0 atom stereocenters. The number of nitrogens with zero attached hydrogens (tertiary/aromatic N) is 2. The van der Waals surface area contributed by atoms with E-state index in [4.69, 9.17) is 5.73 Å². The first kappa shape index (κ1) is 14.9. The number of benzene rings is 1. The average molecular weight is 300 g/mol. The Balaban J connectivity index is 1.96. The fraction of sp³-hybridized carbons (Fsp3) is 0.412. The van der Waals surface area contributed by atoms with Gasteiger partial charge in [-0.2, -0.15) is 0 Å². The molecule has 0 unspecified atom stereocenters. The summed E-state index contributed by atoms with van der Waals surface area (Å²) in [5, 5.41) is 3.27. The molecule has 0 spiro atoms. The van der Waals surface area contributed by atoms with Crippen LogP contribution in [-0.4, -0.2) is 23.1 Å². The van der Waals surface area contributed by atoms with Crippen LogP contribution in [0.1, 0.15) is 37.4 Å². The van der Waals surface area contributed by atoms with E-state index in [1.165, 1.54) is 12.5 Å². The van der Waals surface area contributed by atoms with Gasteiger partial charge in [0.25, 0.3) is 0 Å². The van der Waals surface area contributed by atoms with E-state index in [-0.39, 0.29) is 5.82 Å². The molecule has 116 valence electrons. The maximum absolute atomic E-state index is 14.2. The summed E-state index contributed by atoms with van der Waals surface area (Å²) in [5.74, 6) is 0.986. The quantitative estimate of drug-likeness (QED) is 0.803. The number of nitrogens with two attached hydrogens (primary N) is 1. The summed E-state index contributed by atoms with van der Waals surface area (Å²) in [6, 6.07) is 6.74. The van der Waals surface area contributed by atoms with E-state index in [0.717, 1.165) is 37.3 Å². The molecule has 2 aromatic rings. The van der Waals surface area contributed by atoms with Gasteiger partial charge in [0, 0.05) is 18.0 Å². The molecule has 0 saturated heterocycles. The van der Waals surface area contributed by atoms with Crippen molar-refractivity contribution >= 4 is 5.69 Å². The average Bonchev–Trinajstić information content (AvgIpc) is 2.47. The van der Waals surface area contributed by atoms with Gasteiger partial charge in [-0.25, -0.2) is 14.4 Å². The maximum Gasteiger partial charge on any atom is 0.132 e. The van der Waals surface area contributed by atoms with E-state index in [0.29, 0.717) is 23.7 Å². The Morgan fingerprint density at radius 2 is 2.09 bits per heavy atom. The van der Waals surface area contributed by atoms with Gasteiger partial charge in [0.15, 0.2) is 0 Å². The lowest BCUT2D eigenvalue weighted by molar-refractivity contribution is 0.401. The van der Waals surface area contributed by atoms with Crippen molar-refractivity contribution in [1.82, 2.24) is 9.97 Å². The van der Waals surface area contributed by atoms with Crippen molar-refractivity contribution in [3.05, 3.63) is 42.1 Å². The van der Waals surface area contributed by atoms with Crippen LogP contribution >= 0.6 is 0 Å². The SMILES string of the molecule is NCCCNc1cnc(C2CCC2)nc1-c1ccccc1F. The van der Waals surface area contributed by atoms with Crippen molar-refractivity contribution < 1.29 is 4.39 Å². The van der Waals surface area contributed by atoms with Gasteiger partial charge >= 0.3 is 0 Å². The van der Waals surface area contributed by atoms with Crippen molar-refractivity contribution in [2.75, 3.05) is 18.4 Å². The van der Waals surface area contributed by atoms with Crippen molar-refractivity contribution in [1.29, 1.82) is 0 Å². The van der Waals surface area contributed by atoms with Crippen LogP contribution in [-0.2, 0) is 0 Å². The first-order chi connectivity index (χ1) is 10.8. The minimum Gasteiger partial charge on any atom is -0.382 e. The number of hydrogen-bond acceptors (Lipinski definition) is 4. The normalized spacial score (nSPS) is 14.6. The van der Waals surface area contributed by atoms with Crippen molar-refractivity contribution in [2.24, 2.45) is 5.73 Å². The Morgan fingerprint density at radius 3 is 2.77 bits per heavy atom. The summed E-state index contributed by atoms with van der Waals surface area (Å²) < 4.78 is 14.2. The number of rotatable bonds is 6. The zero-order chi connectivity index (χ0) is 15.4. The minimum atomic E-state index is -0.261. The Kier molecular flexibility index (Phi) is 4.63. The highest BCUT2D eigenvalue weighted by atomic mass is 19.1. The Hall–Kier alpha value is -2.01. The lowest BCUT2D eigenvalue weighted by atomic mass is 9.85. The molecular weight excluding hydrogens is 279 g/mol. The van der Waals surface area contributed by atoms with Gasteiger partial charge in [-0.05, 0) is 37.9 Å². The van der Waals surface area contributed by atoms with Crippen LogP contribution in [0, 0.1) is 5.82 Å². The summed E-state index contributed by atoms with van der Waals surface area (Å²) in [4.78, 5) is 9.13. The highest BCUT2D eigenvalue weighted by Gasteiger charge is 2.24. The fourth-order valence-electron chi connectivity index (χ4n) is 2.57. The number of nitrogens with one attached hydrogen (secondary N) is 1. The standard InChI is InChI=1S/C17H21FN4/c18-14-8-2-1-7-13(14)16-15(20-10-4-9-19)11-21-17(22-16)12-5-3-6-12/h1-2,7-8,11-12,20H,3-6,9-10,19H2. The summed E-state index contributed by atoms with van der Waals surface area (Å²) in [6.07, 6.45) is 6.09. The first-order valence-electron chi connectivity index (χ1n) is 7.85. The summed E-state index contributed by atoms with van der Waals surface area (Å²) in [5.41, 5.74) is 7.45. The topological polar surface area (TPSA) is 63.8 Å². The van der Waals surface area contributed by atoms with E-state index in [2.05, 4.69) is 15.3 Å². The van der Waals surface area contributed by atoms with Crippen molar-refractivity contribution in [3.8, 4) is 11.3 Å². The third-order valence-electron chi connectivity index (χ3n) is 4.10. The monoisotopic (exact) mass is 300 g/mol. The highest BCUT2D eigenvalue weighted by molar-refractivity contribution is 5.74. The number of aromatic nitrogens is 2. The maximum atomic E-state index is 14.2. The van der Waals surface area contributed by atoms with Crippen LogP contribution in [0.5, 0.6) is 0 Å². The third-order valence-corrected chi connectivity index (χ3v) is 4.10. The summed E-state index contributed by atoms with van der Waals surface area (Å²) in [7, 11) is 0. The zero-order valence-corrected chi connectivity index (χ0v) is 12.6. The van der Waals surface area contributed by atoms with E-state index in [1.807, 2.05) is 6.07 Å². The molecule has 0 aliphatic heterocycles. The largest absolute Gasteiger partial charge is 0.382 e. The van der Waals surface area contributed by atoms with Crippen LogP contribution in [0.25, 0.3) is 11.3 Å². The molecular formula is C17H21FN4. The van der Waals surface area contributed by atoms with Crippen LogP contribution in [0.2, 0.25) is 0 Å². The fourth-order valence-corrected chi connectivity index (χ4v) is 2.57. The molecule has 5 heteroatoms. The van der Waals surface area contributed by atoms with Gasteiger partial charge < -0.3 is 11.1 Å². The van der Waals surface area contributed by atoms with Crippen molar-refractivity contribution in [3.63, 3.8) is 0 Å². The van der Waals surface area contributed by atoms with Gasteiger partial charge in [-0.15, -0.1) is 0 Å². The van der Waals surface area contributed by atoms with Gasteiger partial charge in [-0.1, -0.05) is 18.6 Å². The van der Waals surface area contributed by atoms with Crippen molar-refractivity contribution in [2.45, 2.75) is 31.6 Å². The summed E-state index contributed by atoms with van der Waals surface area (Å²) in [6.45, 7) is 1.34. The predicted octanol–water partition coefficient (Wildman–Crippen LogP) is 3.31. The number of hydrogen-bond donors (Lipinski definition) is 2. The van der Waals surface area contributed by atoms with E-state index >= 15 is 0 Å². The van der Waals surface area contributed by atoms with Gasteiger partial charge in [-0.3, -0.25) is 0 Å². The van der Waals surface area contributed by atoms with Gasteiger partial charge in [0.2, 0.25) is 0 Å². The molecule has 1 aliphatic rings. The molecule has 4 nitrogen and oxygen atoms in total. The van der Waals surface area contributed by atoms with Crippen LogP contribution < -0.4 is 11.1 Å². The van der Waals surface area contributed by atoms with Gasteiger partial charge in [0.1, 0.15) is 17.3 Å². The number of anilines is 1. The van der Waals surface area contributed by atoms with Gasteiger partial charge in [0.05, 0.1) is 11.9 Å². The molecule has 1 aliphatic carbocycles. The number of halogens is 1. The molecule has 1 heterocycles. The molecule has 1 aromatic carbocycles. The lowest BCUT2D eigenvalue weighted by Gasteiger charge is -2.24. The van der Waals surface area contributed by atoms with E-state index in [1.54, 1.807) is 18.3 Å². The third kappa shape index (κ3) is 3.09. The molecule has 1 aromatic heterocycles. The second-order valence-corrected chi connectivity index (χ2v) is 5.67. The lowest BCUT2D eigenvalue weighted by Crippen LogP contribution is -2.15. The second-order valence-electron chi connectivity index (χ2n) is 5.67. The predicted molar refractivity (Wildman–Crippen MR) is 86.2 cm³/mol. The Morgan fingerprint density at radius 1 is 1.27 bits per heavy atom. The molecule has 22 heavy (non-hydrogen) atoms. The van der Waals surface area contributed by atoms with Crippen LogP contribution in [0.3, 0.4) is 0 Å². The molecule has 0 amide bonds. The second kappa shape index (κ2) is 6.83.